The molecule has 0 saturated carbocycles. The Morgan fingerprint density at radius 2 is 1.92 bits per heavy atom. The Hall–Kier alpha value is -0.640. The number of aliphatic hydroxyl groups is 1. The zero-order valence-corrected chi connectivity index (χ0v) is 7.24. The summed E-state index contributed by atoms with van der Waals surface area (Å²) in [6.45, 7) is 8.26. The predicted molar refractivity (Wildman–Crippen MR) is 48.0 cm³/mol. The first kappa shape index (κ1) is 11.4. The van der Waals surface area contributed by atoms with Crippen molar-refractivity contribution in [3.05, 3.63) is 25.3 Å². The topological polar surface area (TPSA) is 38.7 Å². The molecule has 1 atom stereocenters. The van der Waals surface area contributed by atoms with Crippen molar-refractivity contribution in [2.45, 2.75) is 6.10 Å². The second-order valence-electron chi connectivity index (χ2n) is 2.25. The summed E-state index contributed by atoms with van der Waals surface area (Å²) in [5.41, 5.74) is 0. The van der Waals surface area contributed by atoms with Crippen LogP contribution in [0.3, 0.4) is 0 Å². The van der Waals surface area contributed by atoms with Gasteiger partial charge in [0.2, 0.25) is 0 Å². The lowest BCUT2D eigenvalue weighted by molar-refractivity contribution is -0.0268. The fourth-order valence-corrected chi connectivity index (χ4v) is 0.640. The molecule has 70 valence electrons. The molecule has 0 heterocycles. The Morgan fingerprint density at radius 3 is 2.42 bits per heavy atom. The monoisotopic (exact) mass is 172 g/mol. The zero-order chi connectivity index (χ0) is 9.23. The summed E-state index contributed by atoms with van der Waals surface area (Å²) < 4.78 is 10.3. The predicted octanol–water partition coefficient (Wildman–Crippen LogP) is 0.752. The van der Waals surface area contributed by atoms with E-state index < -0.39 is 0 Å². The van der Waals surface area contributed by atoms with E-state index in [-0.39, 0.29) is 12.7 Å². The van der Waals surface area contributed by atoms with Crippen molar-refractivity contribution >= 4 is 0 Å². The van der Waals surface area contributed by atoms with Crippen LogP contribution in [0.25, 0.3) is 0 Å². The minimum atomic E-state index is -0.261. The minimum absolute atomic E-state index is 0.0367. The highest BCUT2D eigenvalue weighted by molar-refractivity contribution is 4.68. The fraction of sp³-hybridized carbons (Fsp3) is 0.556. The molecular weight excluding hydrogens is 156 g/mol. The maximum Gasteiger partial charge on any atom is 0.104 e. The van der Waals surface area contributed by atoms with Crippen molar-refractivity contribution in [1.82, 2.24) is 0 Å². The van der Waals surface area contributed by atoms with Gasteiger partial charge in [-0.15, -0.1) is 13.2 Å². The summed E-state index contributed by atoms with van der Waals surface area (Å²) in [7, 11) is 0. The molecule has 3 heteroatoms. The molecule has 0 amide bonds. The van der Waals surface area contributed by atoms with Gasteiger partial charge in [-0.25, -0.2) is 0 Å². The highest BCUT2D eigenvalue weighted by Gasteiger charge is 2.05. The van der Waals surface area contributed by atoms with E-state index in [1.54, 1.807) is 12.2 Å². The van der Waals surface area contributed by atoms with Crippen molar-refractivity contribution in [1.29, 1.82) is 0 Å². The number of rotatable bonds is 8. The maximum absolute atomic E-state index is 8.79. The zero-order valence-electron chi connectivity index (χ0n) is 7.24. The molecular formula is C9H16O3. The maximum atomic E-state index is 8.79. The lowest BCUT2D eigenvalue weighted by Crippen LogP contribution is -2.24. The lowest BCUT2D eigenvalue weighted by atomic mass is 10.4. The summed E-state index contributed by atoms with van der Waals surface area (Å²) in [5.74, 6) is 0. The Balaban J connectivity index is 3.38. The standard InChI is InChI=1S/C9H16O3/c1-3-5-11-8-9(7-10)12-6-4-2/h3-4,9-10H,1-2,5-8H2. The molecule has 0 spiro atoms. The van der Waals surface area contributed by atoms with E-state index in [9.17, 15) is 0 Å². The van der Waals surface area contributed by atoms with Crippen molar-refractivity contribution < 1.29 is 14.6 Å². The number of hydrogen-bond acceptors (Lipinski definition) is 3. The third-order valence-corrected chi connectivity index (χ3v) is 1.19. The van der Waals surface area contributed by atoms with E-state index in [4.69, 9.17) is 14.6 Å². The summed E-state index contributed by atoms with van der Waals surface area (Å²) in [6, 6.07) is 0. The van der Waals surface area contributed by atoms with Crippen LogP contribution in [0.4, 0.5) is 0 Å². The fourth-order valence-electron chi connectivity index (χ4n) is 0.640. The van der Waals surface area contributed by atoms with Crippen LogP contribution in [-0.4, -0.2) is 37.6 Å². The number of aliphatic hydroxyl groups excluding tert-OH is 1. The van der Waals surface area contributed by atoms with Crippen LogP contribution in [0.5, 0.6) is 0 Å². The SMILES string of the molecule is C=CCOCC(CO)OCC=C. The summed E-state index contributed by atoms with van der Waals surface area (Å²) >= 11 is 0. The van der Waals surface area contributed by atoms with Crippen molar-refractivity contribution in [3.63, 3.8) is 0 Å². The third-order valence-electron chi connectivity index (χ3n) is 1.19. The largest absolute Gasteiger partial charge is 0.394 e. The average Bonchev–Trinajstić information content (AvgIpc) is 2.11. The van der Waals surface area contributed by atoms with Gasteiger partial charge < -0.3 is 14.6 Å². The molecule has 12 heavy (non-hydrogen) atoms. The molecule has 0 fully saturated rings. The van der Waals surface area contributed by atoms with Gasteiger partial charge in [0.05, 0.1) is 26.4 Å². The first-order valence-corrected chi connectivity index (χ1v) is 3.87. The van der Waals surface area contributed by atoms with Gasteiger partial charge in [0, 0.05) is 0 Å². The number of ether oxygens (including phenoxy) is 2. The molecule has 0 aliphatic carbocycles. The quantitative estimate of drug-likeness (QED) is 0.434. The Morgan fingerprint density at radius 1 is 1.25 bits per heavy atom. The van der Waals surface area contributed by atoms with Gasteiger partial charge in [0.1, 0.15) is 6.10 Å². The molecule has 1 unspecified atom stereocenters. The minimum Gasteiger partial charge on any atom is -0.394 e. The van der Waals surface area contributed by atoms with Crippen LogP contribution in [0.1, 0.15) is 0 Å². The normalized spacial score (nSPS) is 12.4. The van der Waals surface area contributed by atoms with E-state index in [1.165, 1.54) is 0 Å². The summed E-state index contributed by atoms with van der Waals surface area (Å²) in [4.78, 5) is 0. The average molecular weight is 172 g/mol. The first-order valence-electron chi connectivity index (χ1n) is 3.87. The second kappa shape index (κ2) is 8.46. The van der Waals surface area contributed by atoms with Gasteiger partial charge in [-0.3, -0.25) is 0 Å². The molecule has 0 rings (SSSR count). The molecule has 0 saturated heterocycles. The second-order valence-corrected chi connectivity index (χ2v) is 2.25. The van der Waals surface area contributed by atoms with Crippen LogP contribution < -0.4 is 0 Å². The molecule has 0 aromatic heterocycles. The summed E-state index contributed by atoms with van der Waals surface area (Å²) in [5, 5.41) is 8.79. The van der Waals surface area contributed by atoms with Gasteiger partial charge in [-0.05, 0) is 0 Å². The Bertz CT molecular complexity index is 123. The van der Waals surface area contributed by atoms with Crippen molar-refractivity contribution in [2.75, 3.05) is 26.4 Å². The molecule has 0 bridgehead atoms. The van der Waals surface area contributed by atoms with Crippen molar-refractivity contribution in [3.8, 4) is 0 Å². The van der Waals surface area contributed by atoms with E-state index in [0.29, 0.717) is 19.8 Å². The molecule has 0 radical (unpaired) electrons. The van der Waals surface area contributed by atoms with E-state index in [2.05, 4.69) is 13.2 Å². The third kappa shape index (κ3) is 6.09. The highest BCUT2D eigenvalue weighted by Crippen LogP contribution is 1.92. The Kier molecular flexibility index (Phi) is 8.01. The van der Waals surface area contributed by atoms with Gasteiger partial charge in [-0.1, -0.05) is 12.2 Å². The molecule has 0 aliphatic heterocycles. The molecule has 0 aromatic carbocycles. The lowest BCUT2D eigenvalue weighted by Gasteiger charge is -2.13. The molecule has 3 nitrogen and oxygen atoms in total. The van der Waals surface area contributed by atoms with E-state index >= 15 is 0 Å². The van der Waals surface area contributed by atoms with Gasteiger partial charge in [-0.2, -0.15) is 0 Å². The van der Waals surface area contributed by atoms with Crippen LogP contribution in [0, 0.1) is 0 Å². The Labute approximate surface area is 73.3 Å². The van der Waals surface area contributed by atoms with Gasteiger partial charge >= 0.3 is 0 Å². The molecule has 1 N–H and O–H groups in total. The van der Waals surface area contributed by atoms with Crippen LogP contribution in [0.2, 0.25) is 0 Å². The van der Waals surface area contributed by atoms with Gasteiger partial charge in [0.15, 0.2) is 0 Å². The van der Waals surface area contributed by atoms with Crippen LogP contribution in [-0.2, 0) is 9.47 Å². The van der Waals surface area contributed by atoms with Gasteiger partial charge in [0.25, 0.3) is 0 Å². The smallest absolute Gasteiger partial charge is 0.104 e. The van der Waals surface area contributed by atoms with Crippen molar-refractivity contribution in [2.24, 2.45) is 0 Å². The number of hydrogen-bond donors (Lipinski definition) is 1. The highest BCUT2D eigenvalue weighted by atomic mass is 16.5. The van der Waals surface area contributed by atoms with E-state index in [0.717, 1.165) is 0 Å². The van der Waals surface area contributed by atoms with Crippen LogP contribution in [0.15, 0.2) is 25.3 Å². The molecule has 0 aromatic rings. The first-order chi connectivity index (χ1) is 5.85. The summed E-state index contributed by atoms with van der Waals surface area (Å²) in [6.07, 6.45) is 3.03. The molecule has 0 aliphatic rings. The van der Waals surface area contributed by atoms with E-state index in [1.807, 2.05) is 0 Å². The van der Waals surface area contributed by atoms with Crippen LogP contribution >= 0.6 is 0 Å².